The van der Waals surface area contributed by atoms with Crippen molar-refractivity contribution in [1.29, 1.82) is 0 Å². The van der Waals surface area contributed by atoms with Crippen molar-refractivity contribution in [1.82, 2.24) is 0 Å². The van der Waals surface area contributed by atoms with Crippen LogP contribution in [0.15, 0.2) is 18.2 Å². The Kier molecular flexibility index (Phi) is 6.70. The van der Waals surface area contributed by atoms with Crippen LogP contribution in [-0.2, 0) is 0 Å². The minimum Gasteiger partial charge on any atom is -0.493 e. The van der Waals surface area contributed by atoms with E-state index in [4.69, 9.17) is 4.74 Å². The number of hydrogen-bond donors (Lipinski definition) is 1. The van der Waals surface area contributed by atoms with Gasteiger partial charge in [0, 0.05) is 11.5 Å². The van der Waals surface area contributed by atoms with Crippen LogP contribution in [0.3, 0.4) is 0 Å². The third-order valence-electron chi connectivity index (χ3n) is 3.58. The second kappa shape index (κ2) is 7.78. The van der Waals surface area contributed by atoms with E-state index in [0.29, 0.717) is 17.9 Å². The van der Waals surface area contributed by atoms with Crippen LogP contribution in [0.2, 0.25) is 0 Å². The highest BCUT2D eigenvalue weighted by atomic mass is 32.1. The second-order valence-corrected chi connectivity index (χ2v) is 5.67. The molecule has 108 valence electrons. The zero-order valence-corrected chi connectivity index (χ0v) is 13.1. The number of halogens is 1. The number of ether oxygens (including phenoxy) is 1. The molecule has 1 aromatic rings. The first-order chi connectivity index (χ1) is 9.06. The molecule has 3 heteroatoms. The average molecular weight is 284 g/mol. The zero-order valence-electron chi connectivity index (χ0n) is 12.2. The van der Waals surface area contributed by atoms with Crippen LogP contribution in [0.4, 0.5) is 4.39 Å². The molecule has 0 atom stereocenters. The molecule has 0 aliphatic rings. The van der Waals surface area contributed by atoms with Crippen molar-refractivity contribution in [2.24, 2.45) is 5.41 Å². The summed E-state index contributed by atoms with van der Waals surface area (Å²) >= 11 is 4.50. The molecule has 19 heavy (non-hydrogen) atoms. The van der Waals surface area contributed by atoms with Gasteiger partial charge in [-0.05, 0) is 37.1 Å². The Morgan fingerprint density at radius 3 is 2.32 bits per heavy atom. The molecule has 0 aromatic heterocycles. The van der Waals surface area contributed by atoms with Crippen molar-refractivity contribution in [3.05, 3.63) is 29.6 Å². The minimum atomic E-state index is -0.208. The highest BCUT2D eigenvalue weighted by Crippen LogP contribution is 2.32. The summed E-state index contributed by atoms with van der Waals surface area (Å²) in [5.41, 5.74) is 0.753. The van der Waals surface area contributed by atoms with Crippen molar-refractivity contribution >= 4 is 12.6 Å². The van der Waals surface area contributed by atoms with Crippen LogP contribution in [-0.4, -0.2) is 12.4 Å². The summed E-state index contributed by atoms with van der Waals surface area (Å²) in [6.07, 6.45) is 4.43. The molecule has 0 N–H and O–H groups in total. The Labute approximate surface area is 122 Å². The van der Waals surface area contributed by atoms with Crippen LogP contribution in [0.25, 0.3) is 0 Å². The molecule has 0 aliphatic heterocycles. The van der Waals surface area contributed by atoms with E-state index >= 15 is 0 Å². The molecule has 0 saturated heterocycles. The lowest BCUT2D eigenvalue weighted by atomic mass is 9.82. The van der Waals surface area contributed by atoms with Gasteiger partial charge in [0.1, 0.15) is 11.6 Å². The Hall–Kier alpha value is -0.700. The number of aryl methyl sites for hydroxylation is 1. The van der Waals surface area contributed by atoms with Crippen LogP contribution in [0, 0.1) is 18.2 Å². The van der Waals surface area contributed by atoms with Gasteiger partial charge in [0.2, 0.25) is 0 Å². The minimum absolute atomic E-state index is 0.105. The van der Waals surface area contributed by atoms with Crippen LogP contribution in [0.1, 0.15) is 45.1 Å². The summed E-state index contributed by atoms with van der Waals surface area (Å²) in [5, 5.41) is 0. The van der Waals surface area contributed by atoms with Gasteiger partial charge in [0.05, 0.1) is 6.61 Å². The van der Waals surface area contributed by atoms with Gasteiger partial charge in [-0.25, -0.2) is 4.39 Å². The fourth-order valence-corrected chi connectivity index (χ4v) is 2.84. The first-order valence-electron chi connectivity index (χ1n) is 7.06. The monoisotopic (exact) mass is 284 g/mol. The maximum absolute atomic E-state index is 13.5. The van der Waals surface area contributed by atoms with Gasteiger partial charge < -0.3 is 4.74 Å². The molecule has 0 heterocycles. The lowest BCUT2D eigenvalue weighted by Crippen LogP contribution is -2.30. The standard InChI is InChI=1S/C16H25FOS/c1-4-8-16(12-19,9-5-2)11-18-14-7-6-13(3)15(17)10-14/h6-7,10,19H,4-5,8-9,11-12H2,1-3H3. The number of benzene rings is 1. The van der Waals surface area contributed by atoms with Crippen molar-refractivity contribution in [2.45, 2.75) is 46.5 Å². The molecule has 0 radical (unpaired) electrons. The average Bonchev–Trinajstić information content (AvgIpc) is 2.40. The van der Waals surface area contributed by atoms with E-state index in [2.05, 4.69) is 26.5 Å². The molecule has 0 aliphatic carbocycles. The van der Waals surface area contributed by atoms with Crippen LogP contribution >= 0.6 is 12.6 Å². The summed E-state index contributed by atoms with van der Waals surface area (Å²) in [6, 6.07) is 5.06. The molecule has 0 amide bonds. The first-order valence-corrected chi connectivity index (χ1v) is 7.70. The zero-order chi connectivity index (χ0) is 14.3. The first kappa shape index (κ1) is 16.4. The Morgan fingerprint density at radius 1 is 1.21 bits per heavy atom. The van der Waals surface area contributed by atoms with Gasteiger partial charge in [-0.3, -0.25) is 0 Å². The fraction of sp³-hybridized carbons (Fsp3) is 0.625. The van der Waals surface area contributed by atoms with Gasteiger partial charge in [0.25, 0.3) is 0 Å². The molecule has 0 bridgehead atoms. The summed E-state index contributed by atoms with van der Waals surface area (Å²) < 4.78 is 19.3. The molecule has 0 spiro atoms. The fourth-order valence-electron chi connectivity index (χ4n) is 2.43. The summed E-state index contributed by atoms with van der Waals surface area (Å²) in [7, 11) is 0. The van der Waals surface area contributed by atoms with Crippen molar-refractivity contribution in [2.75, 3.05) is 12.4 Å². The van der Waals surface area contributed by atoms with E-state index in [0.717, 1.165) is 31.4 Å². The molecule has 0 saturated carbocycles. The third-order valence-corrected chi connectivity index (χ3v) is 4.26. The molecular weight excluding hydrogens is 259 g/mol. The Morgan fingerprint density at radius 2 is 1.84 bits per heavy atom. The van der Waals surface area contributed by atoms with E-state index in [-0.39, 0.29) is 11.2 Å². The van der Waals surface area contributed by atoms with E-state index in [9.17, 15) is 4.39 Å². The molecule has 1 nitrogen and oxygen atoms in total. The highest BCUT2D eigenvalue weighted by molar-refractivity contribution is 7.80. The van der Waals surface area contributed by atoms with E-state index in [1.807, 2.05) is 6.07 Å². The van der Waals surface area contributed by atoms with Gasteiger partial charge in [-0.1, -0.05) is 32.8 Å². The largest absolute Gasteiger partial charge is 0.493 e. The third kappa shape index (κ3) is 4.72. The van der Waals surface area contributed by atoms with E-state index in [1.165, 1.54) is 6.07 Å². The Bertz CT molecular complexity index is 386. The molecular formula is C16H25FOS. The van der Waals surface area contributed by atoms with Gasteiger partial charge in [0.15, 0.2) is 0 Å². The van der Waals surface area contributed by atoms with Crippen molar-refractivity contribution < 1.29 is 9.13 Å². The topological polar surface area (TPSA) is 9.23 Å². The summed E-state index contributed by atoms with van der Waals surface area (Å²) in [6.45, 7) is 6.73. The highest BCUT2D eigenvalue weighted by Gasteiger charge is 2.27. The predicted octanol–water partition coefficient (Wildman–Crippen LogP) is 5.03. The van der Waals surface area contributed by atoms with Crippen molar-refractivity contribution in [3.63, 3.8) is 0 Å². The second-order valence-electron chi connectivity index (χ2n) is 5.36. The lowest BCUT2D eigenvalue weighted by molar-refractivity contribution is 0.143. The smallest absolute Gasteiger partial charge is 0.129 e. The number of thiol groups is 1. The van der Waals surface area contributed by atoms with E-state index in [1.54, 1.807) is 13.0 Å². The number of hydrogen-bond acceptors (Lipinski definition) is 2. The van der Waals surface area contributed by atoms with E-state index < -0.39 is 0 Å². The number of rotatable bonds is 8. The Balaban J connectivity index is 2.71. The maximum atomic E-state index is 13.5. The van der Waals surface area contributed by atoms with Crippen LogP contribution in [0.5, 0.6) is 5.75 Å². The summed E-state index contributed by atoms with van der Waals surface area (Å²) in [4.78, 5) is 0. The van der Waals surface area contributed by atoms with Crippen LogP contribution < -0.4 is 4.74 Å². The lowest BCUT2D eigenvalue weighted by Gasteiger charge is -2.31. The quantitative estimate of drug-likeness (QED) is 0.659. The normalized spacial score (nSPS) is 11.6. The molecule has 0 unspecified atom stereocenters. The molecule has 1 rings (SSSR count). The molecule has 1 aromatic carbocycles. The van der Waals surface area contributed by atoms with Crippen molar-refractivity contribution in [3.8, 4) is 5.75 Å². The van der Waals surface area contributed by atoms with Gasteiger partial charge >= 0.3 is 0 Å². The van der Waals surface area contributed by atoms with Gasteiger partial charge in [-0.15, -0.1) is 0 Å². The SMILES string of the molecule is CCCC(CS)(CCC)COc1ccc(C)c(F)c1. The maximum Gasteiger partial charge on any atom is 0.129 e. The summed E-state index contributed by atoms with van der Waals surface area (Å²) in [5.74, 6) is 1.21. The molecule has 0 fully saturated rings. The van der Waals surface area contributed by atoms with Gasteiger partial charge in [-0.2, -0.15) is 12.6 Å². The predicted molar refractivity (Wildman–Crippen MR) is 82.7 cm³/mol.